The highest BCUT2D eigenvalue weighted by atomic mass is 32.1. The molecular formula is C18H25N5O2S. The largest absolute Gasteiger partial charge is 0.340 e. The molecule has 2 atom stereocenters. The van der Waals surface area contributed by atoms with E-state index in [0.717, 1.165) is 57.0 Å². The normalized spacial score (nSPS) is 23.1. The Labute approximate surface area is 157 Å². The lowest BCUT2D eigenvalue weighted by atomic mass is 9.98. The smallest absolute Gasteiger partial charge is 0.244 e. The number of rotatable bonds is 4. The van der Waals surface area contributed by atoms with E-state index in [4.69, 9.17) is 4.52 Å². The summed E-state index contributed by atoms with van der Waals surface area (Å²) in [5.74, 6) is 1.75. The quantitative estimate of drug-likeness (QED) is 0.881. The summed E-state index contributed by atoms with van der Waals surface area (Å²) in [6.07, 6.45) is 2.10. The zero-order chi connectivity index (χ0) is 17.9. The number of aromatic nitrogens is 2. The zero-order valence-corrected chi connectivity index (χ0v) is 15.9. The minimum absolute atomic E-state index is 0.0600. The number of piperazine rings is 1. The fourth-order valence-electron chi connectivity index (χ4n) is 3.72. The first kappa shape index (κ1) is 17.6. The Bertz CT molecular complexity index is 718. The van der Waals surface area contributed by atoms with Crippen LogP contribution in [-0.4, -0.2) is 65.1 Å². The predicted octanol–water partition coefficient (Wildman–Crippen LogP) is 2.00. The van der Waals surface area contributed by atoms with Gasteiger partial charge in [-0.2, -0.15) is 4.98 Å². The summed E-state index contributed by atoms with van der Waals surface area (Å²) in [6, 6.07) is 4.04. The number of piperidine rings is 1. The second kappa shape index (κ2) is 7.85. The summed E-state index contributed by atoms with van der Waals surface area (Å²) in [4.78, 5) is 22.6. The summed E-state index contributed by atoms with van der Waals surface area (Å²) in [7, 11) is 0. The van der Waals surface area contributed by atoms with Crippen LogP contribution in [0, 0.1) is 5.92 Å². The van der Waals surface area contributed by atoms with Crippen LogP contribution in [0.1, 0.15) is 31.7 Å². The molecule has 2 aromatic heterocycles. The standard InChI is InChI=1S/C18H25N5O2S/c1-13(17-20-16(21-25-17)15-5-3-11-26-15)22-7-9-23(10-8-22)18(24)14-4-2-6-19-12-14/h3,5,11,13-14,19H,2,4,6-10,12H2,1H3. The first-order valence-corrected chi connectivity index (χ1v) is 10.2. The highest BCUT2D eigenvalue weighted by Gasteiger charge is 2.31. The van der Waals surface area contributed by atoms with Crippen LogP contribution < -0.4 is 5.32 Å². The number of hydrogen-bond acceptors (Lipinski definition) is 7. The number of amides is 1. The van der Waals surface area contributed by atoms with Crippen molar-refractivity contribution in [2.45, 2.75) is 25.8 Å². The third kappa shape index (κ3) is 3.67. The first-order valence-electron chi connectivity index (χ1n) is 9.33. The molecule has 2 aliphatic heterocycles. The van der Waals surface area contributed by atoms with Crippen molar-refractivity contribution in [1.82, 2.24) is 25.3 Å². The van der Waals surface area contributed by atoms with Gasteiger partial charge in [-0.25, -0.2) is 0 Å². The van der Waals surface area contributed by atoms with Crippen LogP contribution in [0.25, 0.3) is 10.7 Å². The second-order valence-electron chi connectivity index (χ2n) is 7.01. The van der Waals surface area contributed by atoms with Gasteiger partial charge in [0.05, 0.1) is 16.8 Å². The van der Waals surface area contributed by atoms with E-state index < -0.39 is 0 Å². The Kier molecular flexibility index (Phi) is 5.33. The summed E-state index contributed by atoms with van der Waals surface area (Å²) in [6.45, 7) is 7.16. The molecule has 0 radical (unpaired) electrons. The third-order valence-corrected chi connectivity index (χ3v) is 6.23. The van der Waals surface area contributed by atoms with Gasteiger partial charge in [0.1, 0.15) is 0 Å². The molecule has 7 nitrogen and oxygen atoms in total. The van der Waals surface area contributed by atoms with Gasteiger partial charge in [-0.15, -0.1) is 11.3 Å². The van der Waals surface area contributed by atoms with Gasteiger partial charge in [-0.3, -0.25) is 9.69 Å². The van der Waals surface area contributed by atoms with E-state index in [2.05, 4.69) is 27.3 Å². The minimum Gasteiger partial charge on any atom is -0.340 e. The molecule has 0 bridgehead atoms. The van der Waals surface area contributed by atoms with Crippen molar-refractivity contribution in [3.05, 3.63) is 23.4 Å². The highest BCUT2D eigenvalue weighted by molar-refractivity contribution is 7.13. The molecule has 2 aromatic rings. The van der Waals surface area contributed by atoms with Crippen LogP contribution in [0.2, 0.25) is 0 Å². The number of nitrogens with zero attached hydrogens (tertiary/aromatic N) is 4. The number of hydrogen-bond donors (Lipinski definition) is 1. The SMILES string of the molecule is CC(c1nc(-c2cccs2)no1)N1CCN(C(=O)C2CCCNC2)CC1. The minimum atomic E-state index is 0.0600. The van der Waals surface area contributed by atoms with Gasteiger partial charge < -0.3 is 14.7 Å². The Morgan fingerprint density at radius 3 is 2.92 bits per heavy atom. The molecule has 0 saturated carbocycles. The van der Waals surface area contributed by atoms with E-state index in [9.17, 15) is 4.79 Å². The van der Waals surface area contributed by atoms with Gasteiger partial charge in [0.25, 0.3) is 0 Å². The summed E-state index contributed by atoms with van der Waals surface area (Å²) < 4.78 is 5.49. The van der Waals surface area contributed by atoms with E-state index in [0.29, 0.717) is 17.6 Å². The van der Waals surface area contributed by atoms with Crippen molar-refractivity contribution in [3.8, 4) is 10.7 Å². The summed E-state index contributed by atoms with van der Waals surface area (Å²) >= 11 is 1.61. The van der Waals surface area contributed by atoms with E-state index in [1.165, 1.54) is 0 Å². The second-order valence-corrected chi connectivity index (χ2v) is 7.96. The molecule has 0 aliphatic carbocycles. The maximum absolute atomic E-state index is 12.7. The van der Waals surface area contributed by atoms with Crippen LogP contribution in [0.5, 0.6) is 0 Å². The number of carbonyl (C=O) groups excluding carboxylic acids is 1. The summed E-state index contributed by atoms with van der Waals surface area (Å²) in [5, 5.41) is 9.44. The molecule has 0 spiro atoms. The summed E-state index contributed by atoms with van der Waals surface area (Å²) in [5.41, 5.74) is 0. The molecule has 0 aromatic carbocycles. The third-order valence-electron chi connectivity index (χ3n) is 5.36. The molecule has 2 aliphatic rings. The Morgan fingerprint density at radius 2 is 2.23 bits per heavy atom. The van der Waals surface area contributed by atoms with Crippen molar-refractivity contribution in [2.75, 3.05) is 39.3 Å². The van der Waals surface area contributed by atoms with Crippen LogP contribution in [0.15, 0.2) is 22.0 Å². The lowest BCUT2D eigenvalue weighted by Gasteiger charge is -2.38. The number of carbonyl (C=O) groups is 1. The molecule has 8 heteroatoms. The van der Waals surface area contributed by atoms with Crippen LogP contribution in [-0.2, 0) is 4.79 Å². The maximum atomic E-state index is 12.7. The van der Waals surface area contributed by atoms with Crippen molar-refractivity contribution >= 4 is 17.2 Å². The van der Waals surface area contributed by atoms with Crippen molar-refractivity contribution < 1.29 is 9.32 Å². The van der Waals surface area contributed by atoms with E-state index in [-0.39, 0.29) is 12.0 Å². The Hall–Kier alpha value is -1.77. The lowest BCUT2D eigenvalue weighted by molar-refractivity contribution is -0.138. The highest BCUT2D eigenvalue weighted by Crippen LogP contribution is 2.26. The molecule has 26 heavy (non-hydrogen) atoms. The predicted molar refractivity (Wildman–Crippen MR) is 99.8 cm³/mol. The number of nitrogens with one attached hydrogen (secondary N) is 1. The molecule has 140 valence electrons. The molecule has 1 amide bonds. The van der Waals surface area contributed by atoms with Crippen LogP contribution >= 0.6 is 11.3 Å². The van der Waals surface area contributed by atoms with Crippen LogP contribution in [0.4, 0.5) is 0 Å². The van der Waals surface area contributed by atoms with Crippen LogP contribution in [0.3, 0.4) is 0 Å². The van der Waals surface area contributed by atoms with Crippen molar-refractivity contribution in [3.63, 3.8) is 0 Å². The molecule has 2 saturated heterocycles. The first-order chi connectivity index (χ1) is 12.7. The monoisotopic (exact) mass is 375 g/mol. The van der Waals surface area contributed by atoms with E-state index >= 15 is 0 Å². The fourth-order valence-corrected chi connectivity index (χ4v) is 4.37. The Balaban J connectivity index is 1.33. The zero-order valence-electron chi connectivity index (χ0n) is 15.1. The van der Waals surface area contributed by atoms with Gasteiger partial charge in [-0.05, 0) is 37.8 Å². The average molecular weight is 375 g/mol. The van der Waals surface area contributed by atoms with Gasteiger partial charge >= 0.3 is 0 Å². The Morgan fingerprint density at radius 1 is 1.38 bits per heavy atom. The molecule has 1 N–H and O–H groups in total. The van der Waals surface area contributed by atoms with Gasteiger partial charge in [-0.1, -0.05) is 11.2 Å². The van der Waals surface area contributed by atoms with Gasteiger partial charge in [0.2, 0.25) is 17.6 Å². The topological polar surface area (TPSA) is 74.5 Å². The molecule has 2 unspecified atom stereocenters. The van der Waals surface area contributed by atoms with E-state index in [1.54, 1.807) is 11.3 Å². The lowest BCUT2D eigenvalue weighted by Crippen LogP contribution is -2.52. The number of thiophene rings is 1. The van der Waals surface area contributed by atoms with Gasteiger partial charge in [0, 0.05) is 32.7 Å². The average Bonchev–Trinajstić information content (AvgIpc) is 3.39. The maximum Gasteiger partial charge on any atom is 0.244 e. The van der Waals surface area contributed by atoms with Crippen molar-refractivity contribution in [1.29, 1.82) is 0 Å². The molecular weight excluding hydrogens is 350 g/mol. The fraction of sp³-hybridized carbons (Fsp3) is 0.611. The van der Waals surface area contributed by atoms with Crippen molar-refractivity contribution in [2.24, 2.45) is 5.92 Å². The molecule has 4 rings (SSSR count). The van der Waals surface area contributed by atoms with Gasteiger partial charge in [0.15, 0.2) is 0 Å². The van der Waals surface area contributed by atoms with E-state index in [1.807, 2.05) is 22.4 Å². The molecule has 2 fully saturated rings. The molecule has 4 heterocycles.